The SMILES string of the molecule is COc1cc(OC)c(/C=N\N=C(/C(=O)c2ccccc2)c2ccccc2)c(OC)c1. The van der Waals surface area contributed by atoms with E-state index in [1.54, 1.807) is 45.6 Å². The van der Waals surface area contributed by atoms with Crippen LogP contribution in [0.1, 0.15) is 21.5 Å². The van der Waals surface area contributed by atoms with Crippen molar-refractivity contribution in [3.8, 4) is 17.2 Å². The molecule has 0 N–H and O–H groups in total. The molecule has 0 radical (unpaired) electrons. The second kappa shape index (κ2) is 10.0. The molecule has 152 valence electrons. The summed E-state index contributed by atoms with van der Waals surface area (Å²) >= 11 is 0. The molecule has 0 saturated heterocycles. The number of hydrogen-bond donors (Lipinski definition) is 0. The predicted molar refractivity (Wildman–Crippen MR) is 117 cm³/mol. The van der Waals surface area contributed by atoms with Crippen molar-refractivity contribution in [2.45, 2.75) is 0 Å². The molecule has 0 bridgehead atoms. The second-order valence-corrected chi connectivity index (χ2v) is 6.20. The van der Waals surface area contributed by atoms with Crippen LogP contribution in [0.4, 0.5) is 0 Å². The molecule has 0 aliphatic heterocycles. The second-order valence-electron chi connectivity index (χ2n) is 6.20. The minimum Gasteiger partial charge on any atom is -0.496 e. The summed E-state index contributed by atoms with van der Waals surface area (Å²) in [6, 6.07) is 21.7. The summed E-state index contributed by atoms with van der Waals surface area (Å²) in [6.07, 6.45) is 1.50. The first-order chi connectivity index (χ1) is 14.7. The molecule has 0 aliphatic rings. The van der Waals surface area contributed by atoms with Crippen molar-refractivity contribution in [1.29, 1.82) is 0 Å². The van der Waals surface area contributed by atoms with Crippen molar-refractivity contribution in [3.05, 3.63) is 89.5 Å². The van der Waals surface area contributed by atoms with Crippen LogP contribution in [-0.2, 0) is 0 Å². The third-order valence-corrected chi connectivity index (χ3v) is 4.40. The van der Waals surface area contributed by atoms with Crippen molar-refractivity contribution in [2.75, 3.05) is 21.3 Å². The number of Topliss-reactive ketones (excluding diaryl/α,β-unsaturated/α-hetero) is 1. The summed E-state index contributed by atoms with van der Waals surface area (Å²) in [5, 5.41) is 8.43. The smallest absolute Gasteiger partial charge is 0.213 e. The van der Waals surface area contributed by atoms with Crippen molar-refractivity contribution >= 4 is 17.7 Å². The highest BCUT2D eigenvalue weighted by Crippen LogP contribution is 2.32. The first-order valence-electron chi connectivity index (χ1n) is 9.24. The van der Waals surface area contributed by atoms with Crippen LogP contribution in [0.15, 0.2) is 83.0 Å². The van der Waals surface area contributed by atoms with Gasteiger partial charge in [0.2, 0.25) is 5.78 Å². The van der Waals surface area contributed by atoms with E-state index in [2.05, 4.69) is 10.2 Å². The van der Waals surface area contributed by atoms with Gasteiger partial charge < -0.3 is 14.2 Å². The van der Waals surface area contributed by atoms with Crippen LogP contribution in [0.25, 0.3) is 0 Å². The maximum atomic E-state index is 13.0. The Morgan fingerprint density at radius 2 is 1.30 bits per heavy atom. The molecule has 0 unspecified atom stereocenters. The van der Waals surface area contributed by atoms with Gasteiger partial charge in [-0.2, -0.15) is 5.10 Å². The average molecular weight is 402 g/mol. The van der Waals surface area contributed by atoms with Crippen LogP contribution in [-0.4, -0.2) is 39.0 Å². The first kappa shape index (κ1) is 20.8. The fourth-order valence-corrected chi connectivity index (χ4v) is 2.86. The highest BCUT2D eigenvalue weighted by atomic mass is 16.5. The van der Waals surface area contributed by atoms with Crippen LogP contribution in [0.3, 0.4) is 0 Å². The van der Waals surface area contributed by atoms with Crippen LogP contribution in [0.5, 0.6) is 17.2 Å². The van der Waals surface area contributed by atoms with E-state index >= 15 is 0 Å². The molecule has 6 heteroatoms. The number of ketones is 1. The molecule has 30 heavy (non-hydrogen) atoms. The molecule has 0 amide bonds. The van der Waals surface area contributed by atoms with E-state index in [0.717, 1.165) is 0 Å². The molecule has 3 rings (SSSR count). The maximum absolute atomic E-state index is 13.0. The molecule has 0 spiro atoms. The highest BCUT2D eigenvalue weighted by Gasteiger charge is 2.16. The lowest BCUT2D eigenvalue weighted by Gasteiger charge is -2.11. The number of nitrogens with zero attached hydrogens (tertiary/aromatic N) is 2. The first-order valence-corrected chi connectivity index (χ1v) is 9.24. The molecule has 3 aromatic rings. The van der Waals surface area contributed by atoms with E-state index in [0.29, 0.717) is 33.9 Å². The number of carbonyl (C=O) groups is 1. The Morgan fingerprint density at radius 1 is 0.767 bits per heavy atom. The fraction of sp³-hybridized carbons (Fsp3) is 0.125. The van der Waals surface area contributed by atoms with Crippen LogP contribution < -0.4 is 14.2 Å². The van der Waals surface area contributed by atoms with E-state index in [1.807, 2.05) is 48.5 Å². The van der Waals surface area contributed by atoms with Gasteiger partial charge in [0.05, 0.1) is 33.1 Å². The summed E-state index contributed by atoms with van der Waals surface area (Å²) in [7, 11) is 4.65. The number of ether oxygens (including phenoxy) is 3. The van der Waals surface area contributed by atoms with Crippen molar-refractivity contribution < 1.29 is 19.0 Å². The molecule has 0 aliphatic carbocycles. The van der Waals surface area contributed by atoms with Gasteiger partial charge in [-0.1, -0.05) is 60.7 Å². The number of methoxy groups -OCH3 is 3. The van der Waals surface area contributed by atoms with Gasteiger partial charge in [-0.05, 0) is 0 Å². The summed E-state index contributed by atoms with van der Waals surface area (Å²) in [6.45, 7) is 0. The summed E-state index contributed by atoms with van der Waals surface area (Å²) in [5.74, 6) is 1.41. The van der Waals surface area contributed by atoms with Crippen LogP contribution in [0, 0.1) is 0 Å². The molecule has 0 heterocycles. The lowest BCUT2D eigenvalue weighted by Crippen LogP contribution is -2.15. The van der Waals surface area contributed by atoms with Gasteiger partial charge in [-0.25, -0.2) is 0 Å². The van der Waals surface area contributed by atoms with Crippen LogP contribution in [0.2, 0.25) is 0 Å². The monoisotopic (exact) mass is 402 g/mol. The minimum atomic E-state index is -0.215. The number of benzene rings is 3. The Bertz CT molecular complexity index is 1040. The largest absolute Gasteiger partial charge is 0.496 e. The third-order valence-electron chi connectivity index (χ3n) is 4.40. The lowest BCUT2D eigenvalue weighted by atomic mass is 10.0. The Kier molecular flexibility index (Phi) is 6.95. The lowest BCUT2D eigenvalue weighted by molar-refractivity contribution is 0.106. The molecular formula is C24H22N2O4. The van der Waals surface area contributed by atoms with Gasteiger partial charge in [0.25, 0.3) is 0 Å². The zero-order valence-corrected chi connectivity index (χ0v) is 17.0. The van der Waals surface area contributed by atoms with E-state index in [9.17, 15) is 4.79 Å². The van der Waals surface area contributed by atoms with Crippen molar-refractivity contribution in [1.82, 2.24) is 0 Å². The zero-order chi connectivity index (χ0) is 21.3. The summed E-state index contributed by atoms with van der Waals surface area (Å²) < 4.78 is 16.1. The standard InChI is InChI=1S/C24H22N2O4/c1-28-19-14-21(29-2)20(22(15-19)30-3)16-25-26-23(17-10-6-4-7-11-17)24(27)18-12-8-5-9-13-18/h4-16H,1-3H3/b25-16-,26-23-. The zero-order valence-electron chi connectivity index (χ0n) is 17.0. The van der Waals surface area contributed by atoms with Crippen LogP contribution >= 0.6 is 0 Å². The molecule has 6 nitrogen and oxygen atoms in total. The molecule has 0 saturated carbocycles. The Labute approximate surface area is 175 Å². The quantitative estimate of drug-likeness (QED) is 0.318. The number of hydrogen-bond acceptors (Lipinski definition) is 6. The highest BCUT2D eigenvalue weighted by molar-refractivity contribution is 6.51. The number of carbonyl (C=O) groups excluding carboxylic acids is 1. The van der Waals surface area contributed by atoms with Gasteiger partial charge in [0.15, 0.2) is 0 Å². The van der Waals surface area contributed by atoms with Gasteiger partial charge in [-0.3, -0.25) is 4.79 Å². The molecule has 0 aromatic heterocycles. The average Bonchev–Trinajstić information content (AvgIpc) is 2.82. The molecular weight excluding hydrogens is 380 g/mol. The van der Waals surface area contributed by atoms with Gasteiger partial charge in [-0.15, -0.1) is 5.10 Å². The minimum absolute atomic E-state index is 0.215. The van der Waals surface area contributed by atoms with E-state index in [1.165, 1.54) is 6.21 Å². The predicted octanol–water partition coefficient (Wildman–Crippen LogP) is 4.42. The summed E-state index contributed by atoms with van der Waals surface area (Å²) in [4.78, 5) is 13.0. The van der Waals surface area contributed by atoms with Gasteiger partial charge in [0.1, 0.15) is 23.0 Å². The van der Waals surface area contributed by atoms with E-state index in [4.69, 9.17) is 14.2 Å². The van der Waals surface area contributed by atoms with Gasteiger partial charge >= 0.3 is 0 Å². The van der Waals surface area contributed by atoms with Crippen molar-refractivity contribution in [2.24, 2.45) is 10.2 Å². The normalized spacial score (nSPS) is 11.4. The Morgan fingerprint density at radius 3 is 1.80 bits per heavy atom. The maximum Gasteiger partial charge on any atom is 0.213 e. The van der Waals surface area contributed by atoms with Crippen molar-refractivity contribution in [3.63, 3.8) is 0 Å². The van der Waals surface area contributed by atoms with E-state index < -0.39 is 0 Å². The molecule has 0 fully saturated rings. The number of rotatable bonds is 8. The molecule has 0 atom stereocenters. The van der Waals surface area contributed by atoms with Gasteiger partial charge in [0, 0.05) is 23.3 Å². The topological polar surface area (TPSA) is 69.5 Å². The Balaban J connectivity index is 2.03. The Hall–Kier alpha value is -3.93. The third kappa shape index (κ3) is 4.72. The summed E-state index contributed by atoms with van der Waals surface area (Å²) in [5.41, 5.74) is 2.04. The fourth-order valence-electron chi connectivity index (χ4n) is 2.86. The van der Waals surface area contributed by atoms with E-state index in [-0.39, 0.29) is 11.5 Å². The molecule has 3 aromatic carbocycles.